The molecule has 17 heavy (non-hydrogen) atoms. The molecule has 98 valence electrons. The summed E-state index contributed by atoms with van der Waals surface area (Å²) < 4.78 is 4.63. The molecule has 0 aromatic carbocycles. The summed E-state index contributed by atoms with van der Waals surface area (Å²) in [7, 11) is 1.34. The first kappa shape index (κ1) is 14.0. The van der Waals surface area contributed by atoms with Gasteiger partial charge in [0.25, 0.3) is 0 Å². The molecule has 0 heterocycles. The monoisotopic (exact) mass is 243 g/mol. The Morgan fingerprint density at radius 3 is 2.53 bits per heavy atom. The zero-order valence-corrected chi connectivity index (χ0v) is 10.5. The molecule has 1 atom stereocenters. The second kappa shape index (κ2) is 6.59. The van der Waals surface area contributed by atoms with Crippen LogP contribution in [0.1, 0.15) is 26.2 Å². The molecule has 1 N–H and O–H groups in total. The van der Waals surface area contributed by atoms with Gasteiger partial charge in [0.15, 0.2) is 0 Å². The van der Waals surface area contributed by atoms with Gasteiger partial charge in [-0.2, -0.15) is 0 Å². The molecule has 0 bridgehead atoms. The Morgan fingerprint density at radius 2 is 2.12 bits per heavy atom. The van der Waals surface area contributed by atoms with Crippen LogP contribution in [0.4, 0.5) is 0 Å². The Labute approximate surface area is 102 Å². The molecule has 5 heteroatoms. The summed E-state index contributed by atoms with van der Waals surface area (Å²) >= 11 is 0. The zero-order chi connectivity index (χ0) is 12.8. The van der Waals surface area contributed by atoms with Crippen LogP contribution in [0.2, 0.25) is 0 Å². The van der Waals surface area contributed by atoms with Gasteiger partial charge in [0.2, 0.25) is 5.91 Å². The highest BCUT2D eigenvalue weighted by Gasteiger charge is 2.30. The third-order valence-electron chi connectivity index (χ3n) is 3.23. The number of ether oxygens (including phenoxy) is 1. The Hall–Kier alpha value is -1.10. The predicted molar refractivity (Wildman–Crippen MR) is 62.2 cm³/mol. The van der Waals surface area contributed by atoms with Gasteiger partial charge in [0.05, 0.1) is 19.6 Å². The van der Waals surface area contributed by atoms with Crippen molar-refractivity contribution in [3.05, 3.63) is 0 Å². The Bertz CT molecular complexity index is 276. The van der Waals surface area contributed by atoms with Gasteiger partial charge in [-0.3, -0.25) is 9.59 Å². The van der Waals surface area contributed by atoms with Crippen molar-refractivity contribution in [2.45, 2.75) is 26.2 Å². The van der Waals surface area contributed by atoms with Gasteiger partial charge in [-0.25, -0.2) is 0 Å². The normalized spacial score (nSPS) is 17.1. The maximum absolute atomic E-state index is 12.0. The summed E-state index contributed by atoms with van der Waals surface area (Å²) in [5, 5.41) is 8.96. The topological polar surface area (TPSA) is 66.8 Å². The van der Waals surface area contributed by atoms with Gasteiger partial charge in [-0.1, -0.05) is 13.3 Å². The molecule has 1 rings (SSSR count). The number of esters is 1. The van der Waals surface area contributed by atoms with Crippen LogP contribution >= 0.6 is 0 Å². The number of carbonyl (C=O) groups is 2. The van der Waals surface area contributed by atoms with E-state index in [0.717, 1.165) is 19.3 Å². The Balaban J connectivity index is 2.52. The molecule has 1 unspecified atom stereocenters. The maximum Gasteiger partial charge on any atom is 0.310 e. The van der Waals surface area contributed by atoms with Crippen molar-refractivity contribution in [3.8, 4) is 0 Å². The van der Waals surface area contributed by atoms with Crippen molar-refractivity contribution in [2.24, 2.45) is 11.8 Å². The fraction of sp³-hybridized carbons (Fsp3) is 0.833. The van der Waals surface area contributed by atoms with Crippen LogP contribution in [0.25, 0.3) is 0 Å². The lowest BCUT2D eigenvalue weighted by Gasteiger charge is -2.32. The number of amides is 1. The molecule has 1 aliphatic rings. The number of aliphatic hydroxyl groups excluding tert-OH is 1. The number of aliphatic hydroxyl groups is 1. The van der Waals surface area contributed by atoms with E-state index in [1.54, 1.807) is 11.8 Å². The summed E-state index contributed by atoms with van der Waals surface area (Å²) in [5.74, 6) is -0.530. The van der Waals surface area contributed by atoms with E-state index in [9.17, 15) is 9.59 Å². The van der Waals surface area contributed by atoms with E-state index >= 15 is 0 Å². The molecule has 0 saturated heterocycles. The lowest BCUT2D eigenvalue weighted by Crippen LogP contribution is -2.43. The van der Waals surface area contributed by atoms with E-state index in [2.05, 4.69) is 4.74 Å². The molecule has 0 spiro atoms. The average Bonchev–Trinajstić information content (AvgIpc) is 2.24. The minimum Gasteiger partial charge on any atom is -0.469 e. The molecular weight excluding hydrogens is 222 g/mol. The first-order valence-corrected chi connectivity index (χ1v) is 6.07. The summed E-state index contributed by atoms with van der Waals surface area (Å²) in [4.78, 5) is 24.9. The standard InChI is InChI=1S/C12H21NO4/c1-9(12(16)17-2)8-13(6-7-14)11(15)10-4-3-5-10/h9-10,14H,3-8H2,1-2H3. The fourth-order valence-electron chi connectivity index (χ4n) is 1.93. The molecule has 1 aliphatic carbocycles. The third-order valence-corrected chi connectivity index (χ3v) is 3.23. The van der Waals surface area contributed by atoms with E-state index in [4.69, 9.17) is 5.11 Å². The van der Waals surface area contributed by atoms with Crippen molar-refractivity contribution in [1.82, 2.24) is 4.90 Å². The number of hydrogen-bond donors (Lipinski definition) is 1. The Kier molecular flexibility index (Phi) is 5.41. The lowest BCUT2D eigenvalue weighted by molar-refractivity contribution is -0.147. The average molecular weight is 243 g/mol. The van der Waals surface area contributed by atoms with E-state index < -0.39 is 0 Å². The lowest BCUT2D eigenvalue weighted by atomic mass is 9.84. The second-order valence-electron chi connectivity index (χ2n) is 4.56. The highest BCUT2D eigenvalue weighted by molar-refractivity contribution is 5.80. The van der Waals surface area contributed by atoms with Gasteiger partial charge in [-0.05, 0) is 12.8 Å². The smallest absolute Gasteiger partial charge is 0.310 e. The van der Waals surface area contributed by atoms with Crippen LogP contribution in [0.5, 0.6) is 0 Å². The van der Waals surface area contributed by atoms with E-state index in [1.807, 2.05) is 0 Å². The third kappa shape index (κ3) is 3.70. The summed E-state index contributed by atoms with van der Waals surface area (Å²) in [6, 6.07) is 0. The van der Waals surface area contributed by atoms with Gasteiger partial charge >= 0.3 is 5.97 Å². The van der Waals surface area contributed by atoms with Crippen LogP contribution in [0.15, 0.2) is 0 Å². The first-order chi connectivity index (χ1) is 8.10. The van der Waals surface area contributed by atoms with Crippen molar-refractivity contribution < 1.29 is 19.4 Å². The predicted octanol–water partition coefficient (Wildman–Crippen LogP) is 0.416. The minimum absolute atomic E-state index is 0.0565. The summed E-state index contributed by atoms with van der Waals surface area (Å²) in [6.07, 6.45) is 2.94. The first-order valence-electron chi connectivity index (χ1n) is 6.07. The SMILES string of the molecule is COC(=O)C(C)CN(CCO)C(=O)C1CCC1. The minimum atomic E-state index is -0.351. The van der Waals surface area contributed by atoms with Crippen LogP contribution in [-0.4, -0.2) is 48.7 Å². The van der Waals surface area contributed by atoms with Crippen LogP contribution in [-0.2, 0) is 14.3 Å². The zero-order valence-electron chi connectivity index (χ0n) is 10.5. The number of hydrogen-bond acceptors (Lipinski definition) is 4. The van der Waals surface area contributed by atoms with Crippen LogP contribution in [0.3, 0.4) is 0 Å². The Morgan fingerprint density at radius 1 is 1.47 bits per heavy atom. The van der Waals surface area contributed by atoms with Gasteiger partial charge in [-0.15, -0.1) is 0 Å². The molecule has 0 radical (unpaired) electrons. The maximum atomic E-state index is 12.0. The summed E-state index contributed by atoms with van der Waals surface area (Å²) in [5.41, 5.74) is 0. The molecule has 1 amide bonds. The van der Waals surface area contributed by atoms with Crippen molar-refractivity contribution in [3.63, 3.8) is 0 Å². The highest BCUT2D eigenvalue weighted by Crippen LogP contribution is 2.28. The van der Waals surface area contributed by atoms with Crippen molar-refractivity contribution >= 4 is 11.9 Å². The number of rotatable bonds is 6. The van der Waals surface area contributed by atoms with Gasteiger partial charge in [0.1, 0.15) is 0 Å². The largest absolute Gasteiger partial charge is 0.469 e. The van der Waals surface area contributed by atoms with Crippen LogP contribution < -0.4 is 0 Å². The highest BCUT2D eigenvalue weighted by atomic mass is 16.5. The number of carbonyl (C=O) groups excluding carboxylic acids is 2. The molecule has 1 saturated carbocycles. The molecule has 0 aromatic rings. The van der Waals surface area contributed by atoms with E-state index in [0.29, 0.717) is 6.54 Å². The summed E-state index contributed by atoms with van der Waals surface area (Å²) in [6.45, 7) is 2.26. The molecule has 5 nitrogen and oxygen atoms in total. The van der Waals surface area contributed by atoms with Crippen molar-refractivity contribution in [2.75, 3.05) is 26.8 Å². The molecule has 1 fully saturated rings. The number of methoxy groups -OCH3 is 1. The van der Waals surface area contributed by atoms with Crippen LogP contribution in [0, 0.1) is 11.8 Å². The fourth-order valence-corrected chi connectivity index (χ4v) is 1.93. The van der Waals surface area contributed by atoms with Gasteiger partial charge in [0, 0.05) is 19.0 Å². The molecule has 0 aromatic heterocycles. The van der Waals surface area contributed by atoms with E-state index in [-0.39, 0.29) is 36.9 Å². The van der Waals surface area contributed by atoms with Crippen molar-refractivity contribution in [1.29, 1.82) is 0 Å². The molecular formula is C12H21NO4. The molecule has 0 aliphatic heterocycles. The van der Waals surface area contributed by atoms with Gasteiger partial charge < -0.3 is 14.7 Å². The van der Waals surface area contributed by atoms with E-state index in [1.165, 1.54) is 7.11 Å². The quantitative estimate of drug-likeness (QED) is 0.686. The number of nitrogens with zero attached hydrogens (tertiary/aromatic N) is 1. The second-order valence-corrected chi connectivity index (χ2v) is 4.56.